The van der Waals surface area contributed by atoms with Gasteiger partial charge >= 0.3 is 0 Å². The molecule has 0 aliphatic heterocycles. The Morgan fingerprint density at radius 3 is 2.67 bits per heavy atom. The minimum absolute atomic E-state index is 0.0467. The topological polar surface area (TPSA) is 65.2 Å². The highest BCUT2D eigenvalue weighted by Crippen LogP contribution is 2.19. The highest BCUT2D eigenvalue weighted by Gasteiger charge is 2.15. The first-order valence-electron chi connectivity index (χ1n) is 9.11. The number of para-hydroxylation sites is 1. The lowest BCUT2D eigenvalue weighted by molar-refractivity contribution is -0.132. The summed E-state index contributed by atoms with van der Waals surface area (Å²) in [6.07, 6.45) is 2.67. The van der Waals surface area contributed by atoms with E-state index in [1.165, 1.54) is 6.92 Å². The van der Waals surface area contributed by atoms with E-state index in [2.05, 4.69) is 16.4 Å². The van der Waals surface area contributed by atoms with Crippen LogP contribution in [0.5, 0.6) is 0 Å². The molecule has 1 aromatic heterocycles. The molecule has 0 radical (unpaired) electrons. The van der Waals surface area contributed by atoms with E-state index < -0.39 is 0 Å². The number of rotatable bonds is 6. The summed E-state index contributed by atoms with van der Waals surface area (Å²) >= 11 is 0. The van der Waals surface area contributed by atoms with Gasteiger partial charge in [-0.15, -0.1) is 0 Å². The number of fused-ring (bicyclic) bond motifs is 1. The highest BCUT2D eigenvalue weighted by atomic mass is 16.2. The number of H-pyrrole nitrogens is 1. The molecule has 3 rings (SSSR count). The molecule has 0 atom stereocenters. The summed E-state index contributed by atoms with van der Waals surface area (Å²) < 4.78 is 0. The van der Waals surface area contributed by atoms with E-state index in [-0.39, 0.29) is 18.4 Å². The summed E-state index contributed by atoms with van der Waals surface area (Å²) in [4.78, 5) is 29.3. The molecule has 0 saturated heterocycles. The van der Waals surface area contributed by atoms with Crippen LogP contribution in [0.25, 0.3) is 10.9 Å². The van der Waals surface area contributed by atoms with Crippen molar-refractivity contribution >= 4 is 28.4 Å². The maximum Gasteiger partial charge on any atom is 0.244 e. The molecule has 0 spiro atoms. The number of amides is 2. The lowest BCUT2D eigenvalue weighted by Crippen LogP contribution is -2.38. The van der Waals surface area contributed by atoms with Crippen molar-refractivity contribution < 1.29 is 9.59 Å². The molecule has 27 heavy (non-hydrogen) atoms. The van der Waals surface area contributed by atoms with E-state index in [1.807, 2.05) is 56.4 Å². The SMILES string of the molecule is CC(=O)N(CCc1c[nH]c2ccccc12)CC(=O)Nc1cc(C)ccc1C. The molecule has 0 aliphatic rings. The number of benzene rings is 2. The van der Waals surface area contributed by atoms with Gasteiger partial charge in [-0.05, 0) is 49.1 Å². The van der Waals surface area contributed by atoms with Gasteiger partial charge in [-0.3, -0.25) is 9.59 Å². The average Bonchev–Trinajstić information content (AvgIpc) is 3.04. The first-order chi connectivity index (χ1) is 12.9. The fourth-order valence-corrected chi connectivity index (χ4v) is 3.18. The Hall–Kier alpha value is -3.08. The third kappa shape index (κ3) is 4.56. The Balaban J connectivity index is 1.64. The Bertz CT molecular complexity index is 975. The van der Waals surface area contributed by atoms with Crippen molar-refractivity contribution in [3.05, 3.63) is 65.4 Å². The van der Waals surface area contributed by atoms with Gasteiger partial charge in [0.15, 0.2) is 0 Å². The van der Waals surface area contributed by atoms with Crippen molar-refractivity contribution in [2.75, 3.05) is 18.4 Å². The lowest BCUT2D eigenvalue weighted by atomic mass is 10.1. The molecule has 5 heteroatoms. The molecule has 1 heterocycles. The van der Waals surface area contributed by atoms with Gasteiger partial charge in [-0.25, -0.2) is 0 Å². The number of aryl methyl sites for hydroxylation is 2. The number of carbonyl (C=O) groups excluding carboxylic acids is 2. The monoisotopic (exact) mass is 363 g/mol. The second-order valence-corrected chi connectivity index (χ2v) is 6.92. The summed E-state index contributed by atoms with van der Waals surface area (Å²) in [6.45, 7) is 5.98. The summed E-state index contributed by atoms with van der Waals surface area (Å²) in [5.41, 5.74) is 5.10. The van der Waals surface area contributed by atoms with Crippen LogP contribution in [0.4, 0.5) is 5.69 Å². The van der Waals surface area contributed by atoms with Gasteiger partial charge in [0.1, 0.15) is 0 Å². The van der Waals surface area contributed by atoms with Crippen LogP contribution < -0.4 is 5.32 Å². The molecule has 0 aliphatic carbocycles. The predicted octanol–water partition coefficient (Wildman–Crippen LogP) is 3.81. The number of hydrogen-bond donors (Lipinski definition) is 2. The number of aromatic amines is 1. The fourth-order valence-electron chi connectivity index (χ4n) is 3.18. The van der Waals surface area contributed by atoms with Gasteiger partial charge in [-0.2, -0.15) is 0 Å². The smallest absolute Gasteiger partial charge is 0.244 e. The molecule has 2 amide bonds. The van der Waals surface area contributed by atoms with Crippen LogP contribution in [-0.4, -0.2) is 34.8 Å². The molecular formula is C22H25N3O2. The van der Waals surface area contributed by atoms with Gasteiger partial charge in [-0.1, -0.05) is 30.3 Å². The molecule has 140 valence electrons. The van der Waals surface area contributed by atoms with Crippen molar-refractivity contribution in [1.82, 2.24) is 9.88 Å². The standard InChI is InChI=1S/C22H25N3O2/c1-15-8-9-16(2)21(12-15)24-22(27)14-25(17(3)26)11-10-18-13-23-20-7-5-4-6-19(18)20/h4-9,12-13,23H,10-11,14H2,1-3H3,(H,24,27). The number of hydrogen-bond acceptors (Lipinski definition) is 2. The van der Waals surface area contributed by atoms with Crippen LogP contribution in [-0.2, 0) is 16.0 Å². The van der Waals surface area contributed by atoms with Gasteiger partial charge in [0.05, 0.1) is 6.54 Å². The fraction of sp³-hybridized carbons (Fsp3) is 0.273. The van der Waals surface area contributed by atoms with Crippen LogP contribution in [0.3, 0.4) is 0 Å². The number of anilines is 1. The van der Waals surface area contributed by atoms with E-state index >= 15 is 0 Å². The third-order valence-corrected chi connectivity index (χ3v) is 4.77. The summed E-state index contributed by atoms with van der Waals surface area (Å²) in [6, 6.07) is 14.0. The maximum absolute atomic E-state index is 12.5. The zero-order chi connectivity index (χ0) is 19.4. The van der Waals surface area contributed by atoms with E-state index in [1.54, 1.807) is 4.90 Å². The third-order valence-electron chi connectivity index (χ3n) is 4.77. The van der Waals surface area contributed by atoms with Gasteiger partial charge in [0.2, 0.25) is 11.8 Å². The number of carbonyl (C=O) groups is 2. The summed E-state index contributed by atoms with van der Waals surface area (Å²) in [5.74, 6) is -0.288. The van der Waals surface area contributed by atoms with E-state index in [4.69, 9.17) is 0 Å². The van der Waals surface area contributed by atoms with Crippen LogP contribution in [0, 0.1) is 13.8 Å². The first kappa shape index (κ1) is 18.7. The van der Waals surface area contributed by atoms with Crippen molar-refractivity contribution in [2.24, 2.45) is 0 Å². The average molecular weight is 363 g/mol. The quantitative estimate of drug-likeness (QED) is 0.699. The Morgan fingerprint density at radius 1 is 1.11 bits per heavy atom. The van der Waals surface area contributed by atoms with E-state index in [0.717, 1.165) is 33.3 Å². The van der Waals surface area contributed by atoms with E-state index in [0.29, 0.717) is 13.0 Å². The van der Waals surface area contributed by atoms with Crippen LogP contribution in [0.15, 0.2) is 48.7 Å². The molecule has 0 saturated carbocycles. The minimum atomic E-state index is -0.183. The largest absolute Gasteiger partial charge is 0.361 e. The predicted molar refractivity (Wildman–Crippen MR) is 109 cm³/mol. The molecule has 3 aromatic rings. The van der Waals surface area contributed by atoms with Crippen molar-refractivity contribution in [1.29, 1.82) is 0 Å². The highest BCUT2D eigenvalue weighted by molar-refractivity contribution is 5.95. The minimum Gasteiger partial charge on any atom is -0.361 e. The lowest BCUT2D eigenvalue weighted by Gasteiger charge is -2.21. The van der Waals surface area contributed by atoms with Gasteiger partial charge in [0.25, 0.3) is 0 Å². The number of aromatic nitrogens is 1. The van der Waals surface area contributed by atoms with Crippen LogP contribution in [0.2, 0.25) is 0 Å². The van der Waals surface area contributed by atoms with Crippen LogP contribution in [0.1, 0.15) is 23.6 Å². The Kier molecular flexibility index (Phi) is 5.60. The molecule has 0 fully saturated rings. The Morgan fingerprint density at radius 2 is 1.89 bits per heavy atom. The number of nitrogens with zero attached hydrogens (tertiary/aromatic N) is 1. The number of nitrogens with one attached hydrogen (secondary N) is 2. The summed E-state index contributed by atoms with van der Waals surface area (Å²) in [5, 5.41) is 4.07. The van der Waals surface area contributed by atoms with Crippen LogP contribution >= 0.6 is 0 Å². The maximum atomic E-state index is 12.5. The van der Waals surface area contributed by atoms with Gasteiger partial charge < -0.3 is 15.2 Å². The molecule has 0 bridgehead atoms. The normalized spacial score (nSPS) is 10.8. The zero-order valence-corrected chi connectivity index (χ0v) is 16.0. The second-order valence-electron chi connectivity index (χ2n) is 6.92. The second kappa shape index (κ2) is 8.08. The van der Waals surface area contributed by atoms with Crippen molar-refractivity contribution in [3.8, 4) is 0 Å². The summed E-state index contributed by atoms with van der Waals surface area (Å²) in [7, 11) is 0. The Labute approximate surface area is 159 Å². The van der Waals surface area contributed by atoms with Gasteiger partial charge in [0, 0.05) is 36.3 Å². The molecule has 2 aromatic carbocycles. The molecule has 2 N–H and O–H groups in total. The van der Waals surface area contributed by atoms with Crippen molar-refractivity contribution in [3.63, 3.8) is 0 Å². The molecule has 5 nitrogen and oxygen atoms in total. The molecular weight excluding hydrogens is 338 g/mol. The zero-order valence-electron chi connectivity index (χ0n) is 16.0. The van der Waals surface area contributed by atoms with Crippen molar-refractivity contribution in [2.45, 2.75) is 27.2 Å². The van der Waals surface area contributed by atoms with E-state index in [9.17, 15) is 9.59 Å². The molecule has 0 unspecified atom stereocenters. The first-order valence-corrected chi connectivity index (χ1v) is 9.11.